The van der Waals surface area contributed by atoms with Crippen LogP contribution >= 0.6 is 0 Å². The standard InChI is InChI=1S/C18H21NO3/c20-18(19-10-15-5-2-6-21-15)9-14-11-22-17-8-13-4-1-3-12(13)7-16(14)17/h7-8,11,15H,1-6,9-10H2,(H,19,20)/t15-/m0/s1. The fourth-order valence-electron chi connectivity index (χ4n) is 3.55. The number of amides is 1. The van der Waals surface area contributed by atoms with Gasteiger partial charge in [0, 0.05) is 24.1 Å². The number of hydrogen-bond donors (Lipinski definition) is 1. The second-order valence-corrected chi connectivity index (χ2v) is 6.35. The summed E-state index contributed by atoms with van der Waals surface area (Å²) in [7, 11) is 0. The molecule has 4 nitrogen and oxygen atoms in total. The fraction of sp³-hybridized carbons (Fsp3) is 0.500. The van der Waals surface area contributed by atoms with E-state index in [0.717, 1.165) is 48.8 Å². The Morgan fingerprint density at radius 2 is 2.09 bits per heavy atom. The predicted molar refractivity (Wildman–Crippen MR) is 83.9 cm³/mol. The van der Waals surface area contributed by atoms with Crippen LogP contribution in [0.4, 0.5) is 0 Å². The van der Waals surface area contributed by atoms with E-state index >= 15 is 0 Å². The van der Waals surface area contributed by atoms with Gasteiger partial charge in [0.05, 0.1) is 18.8 Å². The molecule has 0 saturated carbocycles. The molecule has 0 bridgehead atoms. The molecule has 1 saturated heterocycles. The van der Waals surface area contributed by atoms with Crippen molar-refractivity contribution >= 4 is 16.9 Å². The van der Waals surface area contributed by atoms with Crippen LogP contribution in [0.1, 0.15) is 36.0 Å². The fourth-order valence-corrected chi connectivity index (χ4v) is 3.55. The van der Waals surface area contributed by atoms with Gasteiger partial charge in [0.1, 0.15) is 5.58 Å². The molecule has 1 N–H and O–H groups in total. The van der Waals surface area contributed by atoms with Crippen molar-refractivity contribution < 1.29 is 13.9 Å². The van der Waals surface area contributed by atoms with Crippen LogP contribution in [-0.2, 0) is 28.8 Å². The summed E-state index contributed by atoms with van der Waals surface area (Å²) in [6.07, 6.45) is 7.93. The van der Waals surface area contributed by atoms with Crippen molar-refractivity contribution in [2.24, 2.45) is 0 Å². The molecule has 0 unspecified atom stereocenters. The molecule has 1 amide bonds. The highest BCUT2D eigenvalue weighted by Gasteiger charge is 2.18. The van der Waals surface area contributed by atoms with Crippen molar-refractivity contribution in [3.8, 4) is 0 Å². The summed E-state index contributed by atoms with van der Waals surface area (Å²) >= 11 is 0. The van der Waals surface area contributed by atoms with Crippen molar-refractivity contribution in [3.63, 3.8) is 0 Å². The summed E-state index contributed by atoms with van der Waals surface area (Å²) in [4.78, 5) is 12.1. The lowest BCUT2D eigenvalue weighted by atomic mass is 10.0. The van der Waals surface area contributed by atoms with Gasteiger partial charge in [-0.05, 0) is 55.4 Å². The van der Waals surface area contributed by atoms with Crippen LogP contribution < -0.4 is 5.32 Å². The van der Waals surface area contributed by atoms with Gasteiger partial charge in [0.15, 0.2) is 0 Å². The number of aryl methyl sites for hydroxylation is 2. The van der Waals surface area contributed by atoms with Crippen molar-refractivity contribution in [1.29, 1.82) is 0 Å². The first-order valence-corrected chi connectivity index (χ1v) is 8.20. The Kier molecular flexibility index (Phi) is 3.62. The molecule has 22 heavy (non-hydrogen) atoms. The predicted octanol–water partition coefficient (Wildman–Crippen LogP) is 2.76. The molecular weight excluding hydrogens is 278 g/mol. The normalized spacial score (nSPS) is 20.5. The van der Waals surface area contributed by atoms with E-state index in [4.69, 9.17) is 9.15 Å². The van der Waals surface area contributed by atoms with Crippen LogP contribution in [0.3, 0.4) is 0 Å². The Morgan fingerprint density at radius 3 is 2.91 bits per heavy atom. The van der Waals surface area contributed by atoms with Crippen molar-refractivity contribution in [2.45, 2.75) is 44.6 Å². The van der Waals surface area contributed by atoms with Gasteiger partial charge in [-0.2, -0.15) is 0 Å². The van der Waals surface area contributed by atoms with Gasteiger partial charge in [-0.15, -0.1) is 0 Å². The zero-order valence-corrected chi connectivity index (χ0v) is 12.7. The first-order valence-electron chi connectivity index (χ1n) is 8.20. The van der Waals surface area contributed by atoms with Gasteiger partial charge < -0.3 is 14.5 Å². The van der Waals surface area contributed by atoms with E-state index in [0.29, 0.717) is 13.0 Å². The Bertz CT molecular complexity index is 698. The average molecular weight is 299 g/mol. The third-order valence-corrected chi connectivity index (χ3v) is 4.77. The largest absolute Gasteiger partial charge is 0.464 e. The van der Waals surface area contributed by atoms with Crippen LogP contribution in [-0.4, -0.2) is 25.2 Å². The third kappa shape index (κ3) is 2.63. The number of hydrogen-bond acceptors (Lipinski definition) is 3. The smallest absolute Gasteiger partial charge is 0.224 e. The SMILES string of the molecule is O=C(Cc1coc2cc3c(cc12)CCC3)NC[C@@H]1CCCO1. The Morgan fingerprint density at radius 1 is 1.23 bits per heavy atom. The number of fused-ring (bicyclic) bond motifs is 2. The first kappa shape index (κ1) is 13.8. The lowest BCUT2D eigenvalue weighted by molar-refractivity contribution is -0.120. The van der Waals surface area contributed by atoms with Crippen LogP contribution in [0, 0.1) is 0 Å². The third-order valence-electron chi connectivity index (χ3n) is 4.77. The number of ether oxygens (including phenoxy) is 1. The van der Waals surface area contributed by atoms with E-state index in [-0.39, 0.29) is 12.0 Å². The minimum absolute atomic E-state index is 0.0405. The quantitative estimate of drug-likeness (QED) is 0.944. The average Bonchev–Trinajstić information content (AvgIpc) is 3.24. The van der Waals surface area contributed by atoms with Gasteiger partial charge >= 0.3 is 0 Å². The number of furan rings is 1. The van der Waals surface area contributed by atoms with Crippen molar-refractivity contribution in [2.75, 3.05) is 13.2 Å². The summed E-state index contributed by atoms with van der Waals surface area (Å²) in [5.74, 6) is 0.0405. The molecule has 4 heteroatoms. The van der Waals surface area contributed by atoms with Gasteiger partial charge in [0.2, 0.25) is 5.91 Å². The molecular formula is C18H21NO3. The summed E-state index contributed by atoms with van der Waals surface area (Å²) in [5, 5.41) is 4.06. The monoisotopic (exact) mass is 299 g/mol. The summed E-state index contributed by atoms with van der Waals surface area (Å²) < 4.78 is 11.2. The molecule has 116 valence electrons. The Balaban J connectivity index is 1.45. The number of carbonyl (C=O) groups excluding carboxylic acids is 1. The van der Waals surface area contributed by atoms with Crippen LogP contribution in [0.5, 0.6) is 0 Å². The zero-order valence-electron chi connectivity index (χ0n) is 12.7. The molecule has 1 aromatic carbocycles. The minimum Gasteiger partial charge on any atom is -0.464 e. The van der Waals surface area contributed by atoms with E-state index in [9.17, 15) is 4.79 Å². The maximum Gasteiger partial charge on any atom is 0.224 e. The van der Waals surface area contributed by atoms with Crippen LogP contribution in [0.2, 0.25) is 0 Å². The van der Waals surface area contributed by atoms with Crippen LogP contribution in [0.25, 0.3) is 11.0 Å². The van der Waals surface area contributed by atoms with Gasteiger partial charge in [-0.25, -0.2) is 0 Å². The molecule has 0 spiro atoms. The molecule has 0 radical (unpaired) electrons. The second kappa shape index (κ2) is 5.76. The Labute approximate surface area is 129 Å². The number of rotatable bonds is 4. The first-order chi connectivity index (χ1) is 10.8. The number of nitrogens with one attached hydrogen (secondary N) is 1. The minimum atomic E-state index is 0.0405. The molecule has 1 aliphatic heterocycles. The van der Waals surface area contributed by atoms with Gasteiger partial charge in [0.25, 0.3) is 0 Å². The van der Waals surface area contributed by atoms with E-state index in [1.54, 1.807) is 6.26 Å². The molecule has 1 fully saturated rings. The molecule has 1 aromatic heterocycles. The van der Waals surface area contributed by atoms with Crippen LogP contribution in [0.15, 0.2) is 22.8 Å². The molecule has 2 aromatic rings. The molecule has 2 aliphatic rings. The van der Waals surface area contributed by atoms with Crippen molar-refractivity contribution in [1.82, 2.24) is 5.32 Å². The maximum absolute atomic E-state index is 12.1. The lowest BCUT2D eigenvalue weighted by Gasteiger charge is -2.10. The maximum atomic E-state index is 12.1. The van der Waals surface area contributed by atoms with Crippen molar-refractivity contribution in [3.05, 3.63) is 35.1 Å². The highest BCUT2D eigenvalue weighted by molar-refractivity contribution is 5.88. The summed E-state index contributed by atoms with van der Waals surface area (Å²) in [6, 6.07) is 4.36. The van der Waals surface area contributed by atoms with E-state index in [1.807, 2.05) is 0 Å². The zero-order chi connectivity index (χ0) is 14.9. The topological polar surface area (TPSA) is 51.5 Å². The van der Waals surface area contributed by atoms with Gasteiger partial charge in [-0.3, -0.25) is 4.79 Å². The lowest BCUT2D eigenvalue weighted by Crippen LogP contribution is -2.32. The summed E-state index contributed by atoms with van der Waals surface area (Å²) in [5.41, 5.74) is 4.70. The number of carbonyl (C=O) groups is 1. The highest BCUT2D eigenvalue weighted by atomic mass is 16.5. The second-order valence-electron chi connectivity index (χ2n) is 6.35. The van der Waals surface area contributed by atoms with Gasteiger partial charge in [-0.1, -0.05) is 0 Å². The Hall–Kier alpha value is -1.81. The summed E-state index contributed by atoms with van der Waals surface area (Å²) in [6.45, 7) is 1.43. The van der Waals surface area contributed by atoms with E-state index in [2.05, 4.69) is 17.4 Å². The molecule has 1 aliphatic carbocycles. The molecule has 2 heterocycles. The van der Waals surface area contributed by atoms with E-state index in [1.165, 1.54) is 17.5 Å². The van der Waals surface area contributed by atoms with E-state index < -0.39 is 0 Å². The molecule has 4 rings (SSSR count). The number of benzene rings is 1. The highest BCUT2D eigenvalue weighted by Crippen LogP contribution is 2.30. The molecule has 1 atom stereocenters.